The average Bonchev–Trinajstić information content (AvgIpc) is 1.36. The van der Waals surface area contributed by atoms with Crippen LogP contribution in [0.2, 0.25) is 0 Å². The number of likely N-dealkylation sites (tertiary alicyclic amines) is 1. The van der Waals surface area contributed by atoms with Gasteiger partial charge in [-0.1, -0.05) is 66.2 Å². The lowest BCUT2D eigenvalue weighted by Gasteiger charge is -2.43. The number of likely N-dealkylation sites (N-methyl/N-ethyl adjacent to an activating group) is 7. The smallest absolute Gasteiger partial charge is 0.385 e. The molecule has 3 saturated carbocycles. The maximum absolute atomic E-state index is 15.8. The Hall–Kier alpha value is -6.32. The molecule has 3 heterocycles. The number of nitrogens with one attached hydrogen (secondary N) is 3. The van der Waals surface area contributed by atoms with Gasteiger partial charge in [-0.3, -0.25) is 57.5 Å². The molecule has 29 heteroatoms. The van der Waals surface area contributed by atoms with Gasteiger partial charge in [-0.25, -0.2) is 0 Å². The number of halogens is 4. The lowest BCUT2D eigenvalue weighted by Crippen LogP contribution is -2.65. The summed E-state index contributed by atoms with van der Waals surface area (Å²) >= 11 is 6.38. The normalized spacial score (nSPS) is 29.4. The molecule has 0 radical (unpaired) electrons. The van der Waals surface area contributed by atoms with Gasteiger partial charge in [0.05, 0.1) is 32.0 Å². The van der Waals surface area contributed by atoms with Crippen molar-refractivity contribution in [3.8, 4) is 0 Å². The molecule has 6 fully saturated rings. The molecule has 0 aromatic rings. The third-order valence-corrected chi connectivity index (χ3v) is 22.3. The highest BCUT2D eigenvalue weighted by Crippen LogP contribution is 2.44. The molecule has 3 saturated heterocycles. The highest BCUT2D eigenvalue weighted by Gasteiger charge is 2.52. The predicted octanol–water partition coefficient (Wildman–Crippen LogP) is 4.55. The van der Waals surface area contributed by atoms with Crippen LogP contribution < -0.4 is 16.0 Å². The first kappa shape index (κ1) is 80.7. The van der Waals surface area contributed by atoms with Crippen LogP contribution in [0.25, 0.3) is 0 Å². The topological polar surface area (TPSA) is 279 Å². The molecule has 3 aliphatic heterocycles. The lowest BCUT2D eigenvalue weighted by atomic mass is 9.78. The number of hydrogen-bond donors (Lipinski definition) is 3. The van der Waals surface area contributed by atoms with Crippen LogP contribution in [0.5, 0.6) is 0 Å². The monoisotopic (exact) mass is 1410 g/mol. The summed E-state index contributed by atoms with van der Waals surface area (Å²) in [6.45, 7) is 6.36. The largest absolute Gasteiger partial charge is 0.393 e. The Morgan fingerprint density at radius 1 is 0.622 bits per heavy atom. The molecule has 0 bridgehead atoms. The van der Waals surface area contributed by atoms with Crippen molar-refractivity contribution in [1.82, 2.24) is 60.0 Å². The molecule has 6 aliphatic rings. The SMILES string of the molecule is CC[C@H](C)[C@@H]1NC(=O)[C@H](CC(C)C)N(C)C(=O)C[C@@H](C(=O)N2CCCCC2)N(C)C(=O)[C@H](C2CCCCC2)N(C)C(=O)C2(CCCC2)NC(=O)[C@@H]2CCCN2C(=O)[C@H](CCC2CCC(C(F)(F)F)C(Cl)C2)NC(=O)CN(C)C(=O)[C@H](CCOC)N(C)C(=O)CN(C)C(=O)CN(C)C1=O. The van der Waals surface area contributed by atoms with Crippen LogP contribution in [0.15, 0.2) is 0 Å². The number of fused-ring (bicyclic) bond motifs is 1. The molecule has 1 spiro atoms. The Morgan fingerprint density at radius 3 is 1.84 bits per heavy atom. The summed E-state index contributed by atoms with van der Waals surface area (Å²) in [5.41, 5.74) is -1.56. The van der Waals surface area contributed by atoms with Crippen LogP contribution in [0.1, 0.15) is 175 Å². The molecule has 25 nitrogen and oxygen atoms in total. The Morgan fingerprint density at radius 2 is 1.23 bits per heavy atom. The van der Waals surface area contributed by atoms with Crippen molar-refractivity contribution in [2.45, 2.75) is 235 Å². The van der Waals surface area contributed by atoms with E-state index < -0.39 is 174 Å². The number of ether oxygens (including phenoxy) is 1. The van der Waals surface area contributed by atoms with Crippen LogP contribution in [-0.4, -0.2) is 277 Å². The van der Waals surface area contributed by atoms with Gasteiger partial charge in [0, 0.05) is 94.5 Å². The summed E-state index contributed by atoms with van der Waals surface area (Å²) in [6, 6.07) is -8.72. The van der Waals surface area contributed by atoms with Gasteiger partial charge < -0.3 is 64.8 Å². The fraction of sp³-hybridized carbons (Fsp3) is 0.826. The predicted molar refractivity (Wildman–Crippen MR) is 360 cm³/mol. The van der Waals surface area contributed by atoms with Crippen molar-refractivity contribution in [2.24, 2.45) is 29.6 Å². The summed E-state index contributed by atoms with van der Waals surface area (Å²) in [5.74, 6) is -10.9. The van der Waals surface area contributed by atoms with Gasteiger partial charge in [0.25, 0.3) is 0 Å². The Bertz CT molecular complexity index is 2820. The highest BCUT2D eigenvalue weighted by molar-refractivity contribution is 6.21. The molecule has 6 rings (SSSR count). The number of carbonyl (C=O) groups is 12. The first-order chi connectivity index (χ1) is 46.2. The maximum Gasteiger partial charge on any atom is 0.393 e. The van der Waals surface area contributed by atoms with E-state index in [1.807, 2.05) is 20.8 Å². The molecule has 3 N–H and O–H groups in total. The van der Waals surface area contributed by atoms with Gasteiger partial charge >= 0.3 is 6.18 Å². The fourth-order valence-corrected chi connectivity index (χ4v) is 15.9. The lowest BCUT2D eigenvalue weighted by molar-refractivity contribution is -0.182. The molecule has 554 valence electrons. The van der Waals surface area contributed by atoms with E-state index in [0.717, 1.165) is 45.3 Å². The van der Waals surface area contributed by atoms with E-state index in [2.05, 4.69) is 16.0 Å². The number of piperidine rings is 1. The molecule has 3 unspecified atom stereocenters. The molecule has 98 heavy (non-hydrogen) atoms. The van der Waals surface area contributed by atoms with E-state index in [1.165, 1.54) is 76.0 Å². The Labute approximate surface area is 582 Å². The molecule has 3 aliphatic carbocycles. The molecule has 0 aromatic carbocycles. The van der Waals surface area contributed by atoms with E-state index >= 15 is 28.8 Å². The summed E-state index contributed by atoms with van der Waals surface area (Å²) in [6.07, 6.45) is 3.07. The molecule has 12 amide bonds. The second-order valence-electron chi connectivity index (χ2n) is 29.3. The van der Waals surface area contributed by atoms with Crippen molar-refractivity contribution >= 4 is 82.5 Å². The Kier molecular flexibility index (Phi) is 29.9. The first-order valence-corrected chi connectivity index (χ1v) is 36.1. The van der Waals surface area contributed by atoms with E-state index in [4.69, 9.17) is 16.3 Å². The zero-order valence-electron chi connectivity index (χ0n) is 60.1. The quantitative estimate of drug-likeness (QED) is 0.227. The van der Waals surface area contributed by atoms with Gasteiger partial charge in [-0.05, 0) is 120 Å². The Balaban J connectivity index is 1.42. The number of nitrogens with zero attached hydrogens (tertiary/aromatic N) is 9. The summed E-state index contributed by atoms with van der Waals surface area (Å²) in [4.78, 5) is 189. The standard InChI is InChI=1S/C69H112ClF3N12O13/c1-13-44(4)58-65(95)79(7)41-56(88)77(5)42-57(89)80(8)51(30-36-98-12)63(93)78(6)40-54(86)74-49(29-27-45-26-28-47(48(70)38-45)69(71,72)73)62(92)85-35-22-25-50(85)61(91)76-68(31-18-19-32-68)67(97)83(11)59(46-23-16-14-17-24-46)66(96)82(10)53(64(94)84-33-20-15-21-34-84)39-55(87)81(9)52(37-43(2)3)60(90)75-58/h43-53,58-59H,13-42H2,1-12H3,(H,74,86)(H,75,90)(H,76,91)/t44-,45?,47?,48?,49-,50-,51-,52-,53-,58-,59-/m0/s1. The van der Waals surface area contributed by atoms with Crippen molar-refractivity contribution in [2.75, 3.05) is 102 Å². The molecule has 0 aromatic heterocycles. The van der Waals surface area contributed by atoms with Crippen LogP contribution in [-0.2, 0) is 62.3 Å². The maximum atomic E-state index is 15.8. The minimum absolute atomic E-state index is 0.0103. The minimum Gasteiger partial charge on any atom is -0.385 e. The second kappa shape index (κ2) is 36.3. The van der Waals surface area contributed by atoms with E-state index in [-0.39, 0.29) is 89.2 Å². The van der Waals surface area contributed by atoms with Crippen molar-refractivity contribution < 1.29 is 75.4 Å². The number of carbonyl (C=O) groups excluding carboxylic acids is 12. The summed E-state index contributed by atoms with van der Waals surface area (Å²) in [7, 11) is 11.2. The van der Waals surface area contributed by atoms with Gasteiger partial charge in [-0.2, -0.15) is 13.2 Å². The zero-order chi connectivity index (χ0) is 72.7. The average molecular weight is 1410 g/mol. The van der Waals surface area contributed by atoms with Crippen LogP contribution >= 0.6 is 11.6 Å². The van der Waals surface area contributed by atoms with Gasteiger partial charge in [-0.15, -0.1) is 11.6 Å². The van der Waals surface area contributed by atoms with Gasteiger partial charge in [0.15, 0.2) is 0 Å². The fourth-order valence-electron chi connectivity index (χ4n) is 15.4. The third kappa shape index (κ3) is 20.5. The second-order valence-corrected chi connectivity index (χ2v) is 29.8. The first-order valence-electron chi connectivity index (χ1n) is 35.7. The van der Waals surface area contributed by atoms with Crippen molar-refractivity contribution in [1.29, 1.82) is 0 Å². The number of alkyl halides is 4. The van der Waals surface area contributed by atoms with E-state index in [9.17, 15) is 41.9 Å². The number of methoxy groups -OCH3 is 1. The molecule has 11 atom stereocenters. The minimum atomic E-state index is -4.51. The molecular formula is C69H112ClF3N12O13. The van der Waals surface area contributed by atoms with E-state index in [0.29, 0.717) is 64.5 Å². The summed E-state index contributed by atoms with van der Waals surface area (Å²) < 4.78 is 47.2. The van der Waals surface area contributed by atoms with Gasteiger partial charge in [0.1, 0.15) is 47.8 Å². The van der Waals surface area contributed by atoms with E-state index in [1.54, 1.807) is 11.8 Å². The number of amides is 12. The zero-order valence-corrected chi connectivity index (χ0v) is 60.8. The van der Waals surface area contributed by atoms with Crippen LogP contribution in [0.3, 0.4) is 0 Å². The van der Waals surface area contributed by atoms with Crippen molar-refractivity contribution in [3.63, 3.8) is 0 Å². The molecular weight excluding hydrogens is 1300 g/mol. The van der Waals surface area contributed by atoms with Crippen molar-refractivity contribution in [3.05, 3.63) is 0 Å². The van der Waals surface area contributed by atoms with Crippen LogP contribution in [0, 0.1) is 29.6 Å². The highest BCUT2D eigenvalue weighted by atomic mass is 35.5. The van der Waals surface area contributed by atoms with Gasteiger partial charge in [0.2, 0.25) is 70.9 Å². The summed E-state index contributed by atoms with van der Waals surface area (Å²) in [5, 5.41) is 7.53. The van der Waals surface area contributed by atoms with Crippen LogP contribution in [0.4, 0.5) is 13.2 Å². The third-order valence-electron chi connectivity index (χ3n) is 21.8. The number of rotatable bonds is 12. The number of hydrogen-bond acceptors (Lipinski definition) is 13.